The Hall–Kier alpha value is -3.23. The van der Waals surface area contributed by atoms with Crippen molar-refractivity contribution in [2.75, 3.05) is 18.3 Å². The number of methoxy groups -OCH3 is 1. The van der Waals surface area contributed by atoms with Crippen molar-refractivity contribution in [2.24, 2.45) is 0 Å². The first-order chi connectivity index (χ1) is 14.8. The predicted molar refractivity (Wildman–Crippen MR) is 123 cm³/mol. The van der Waals surface area contributed by atoms with Crippen molar-refractivity contribution in [3.05, 3.63) is 83.9 Å². The lowest BCUT2D eigenvalue weighted by Crippen LogP contribution is -2.30. The van der Waals surface area contributed by atoms with E-state index >= 15 is 0 Å². The number of sulfone groups is 1. The van der Waals surface area contributed by atoms with Crippen molar-refractivity contribution in [3.8, 4) is 5.75 Å². The van der Waals surface area contributed by atoms with Gasteiger partial charge in [-0.05, 0) is 42.0 Å². The van der Waals surface area contributed by atoms with Gasteiger partial charge in [0.15, 0.2) is 15.0 Å². The van der Waals surface area contributed by atoms with Gasteiger partial charge >= 0.3 is 0 Å². The Morgan fingerprint density at radius 2 is 1.81 bits per heavy atom. The van der Waals surface area contributed by atoms with Crippen molar-refractivity contribution in [1.82, 2.24) is 4.98 Å². The zero-order valence-electron chi connectivity index (χ0n) is 17.0. The van der Waals surface area contributed by atoms with Gasteiger partial charge in [-0.25, -0.2) is 13.4 Å². The number of aromatic nitrogens is 1. The van der Waals surface area contributed by atoms with Crippen LogP contribution in [0.3, 0.4) is 0 Å². The number of thiazole rings is 1. The quantitative estimate of drug-likeness (QED) is 0.429. The number of anilines is 1. The van der Waals surface area contributed by atoms with Crippen LogP contribution in [0, 0.1) is 0 Å². The minimum atomic E-state index is -3.43. The summed E-state index contributed by atoms with van der Waals surface area (Å²) < 4.78 is 30.1. The first kappa shape index (κ1) is 21.0. The van der Waals surface area contributed by atoms with Crippen molar-refractivity contribution in [1.29, 1.82) is 0 Å². The SMILES string of the molecule is COc1ccc2nc(N(Cc3ccccc3)C(=O)c3cccc(S(C)(=O)=O)c3)sc2c1. The van der Waals surface area contributed by atoms with Crippen LogP contribution in [0.5, 0.6) is 5.75 Å². The Balaban J connectivity index is 1.79. The van der Waals surface area contributed by atoms with Gasteiger partial charge < -0.3 is 4.74 Å². The number of carbonyl (C=O) groups is 1. The Kier molecular flexibility index (Phi) is 5.75. The lowest BCUT2D eigenvalue weighted by molar-refractivity contribution is 0.0985. The van der Waals surface area contributed by atoms with Crippen LogP contribution >= 0.6 is 11.3 Å². The van der Waals surface area contributed by atoms with Crippen LogP contribution in [0.1, 0.15) is 15.9 Å². The fourth-order valence-corrected chi connectivity index (χ4v) is 4.80. The van der Waals surface area contributed by atoms with E-state index in [-0.39, 0.29) is 16.4 Å². The van der Waals surface area contributed by atoms with Gasteiger partial charge in [0.25, 0.3) is 5.91 Å². The maximum Gasteiger partial charge on any atom is 0.260 e. The molecule has 0 atom stereocenters. The topological polar surface area (TPSA) is 76.6 Å². The van der Waals surface area contributed by atoms with Gasteiger partial charge in [-0.2, -0.15) is 0 Å². The molecule has 0 unspecified atom stereocenters. The first-order valence-corrected chi connectivity index (χ1v) is 12.2. The summed E-state index contributed by atoms with van der Waals surface area (Å²) in [4.78, 5) is 19.8. The van der Waals surface area contributed by atoms with Gasteiger partial charge in [-0.15, -0.1) is 0 Å². The summed E-state index contributed by atoms with van der Waals surface area (Å²) in [6.07, 6.45) is 1.12. The fourth-order valence-electron chi connectivity index (χ4n) is 3.14. The molecule has 31 heavy (non-hydrogen) atoms. The normalized spacial score (nSPS) is 11.4. The van der Waals surface area contributed by atoms with E-state index in [0.29, 0.717) is 17.4 Å². The number of carbonyl (C=O) groups excluding carboxylic acids is 1. The minimum Gasteiger partial charge on any atom is -0.497 e. The van der Waals surface area contributed by atoms with Crippen LogP contribution in [0.2, 0.25) is 0 Å². The lowest BCUT2D eigenvalue weighted by Gasteiger charge is -2.20. The third-order valence-electron chi connectivity index (χ3n) is 4.75. The molecule has 8 heteroatoms. The number of rotatable bonds is 6. The van der Waals surface area contributed by atoms with E-state index in [1.165, 1.54) is 23.5 Å². The van der Waals surface area contributed by atoms with Gasteiger partial charge in [0, 0.05) is 11.8 Å². The molecular formula is C23H20N2O4S2. The van der Waals surface area contributed by atoms with Crippen LogP contribution in [0.15, 0.2) is 77.7 Å². The largest absolute Gasteiger partial charge is 0.497 e. The average molecular weight is 453 g/mol. The molecule has 4 aromatic rings. The molecule has 0 saturated carbocycles. The van der Waals surface area contributed by atoms with Crippen molar-refractivity contribution < 1.29 is 17.9 Å². The maximum atomic E-state index is 13.5. The molecule has 1 amide bonds. The molecule has 0 fully saturated rings. The molecule has 1 aromatic heterocycles. The van der Waals surface area contributed by atoms with E-state index in [2.05, 4.69) is 4.98 Å². The second-order valence-electron chi connectivity index (χ2n) is 7.01. The average Bonchev–Trinajstić information content (AvgIpc) is 3.20. The summed E-state index contributed by atoms with van der Waals surface area (Å²) in [5.41, 5.74) is 1.99. The van der Waals surface area contributed by atoms with Crippen LogP contribution < -0.4 is 9.64 Å². The van der Waals surface area contributed by atoms with Crippen LogP contribution in [-0.4, -0.2) is 32.7 Å². The van der Waals surface area contributed by atoms with E-state index in [0.717, 1.165) is 22.0 Å². The van der Waals surface area contributed by atoms with E-state index in [1.807, 2.05) is 48.5 Å². The Bertz CT molecular complexity index is 1350. The highest BCUT2D eigenvalue weighted by molar-refractivity contribution is 7.90. The molecule has 0 aliphatic rings. The molecule has 3 aromatic carbocycles. The molecule has 0 spiro atoms. The highest BCUT2D eigenvalue weighted by Crippen LogP contribution is 2.33. The monoisotopic (exact) mass is 452 g/mol. The molecule has 0 radical (unpaired) electrons. The minimum absolute atomic E-state index is 0.104. The second kappa shape index (κ2) is 8.49. The highest BCUT2D eigenvalue weighted by atomic mass is 32.2. The Morgan fingerprint density at radius 3 is 2.52 bits per heavy atom. The molecule has 0 aliphatic carbocycles. The predicted octanol–water partition coefficient (Wildman–Crippen LogP) is 4.56. The zero-order chi connectivity index (χ0) is 22.0. The second-order valence-corrected chi connectivity index (χ2v) is 10.0. The third-order valence-corrected chi connectivity index (χ3v) is 6.90. The number of amides is 1. The summed E-state index contributed by atoms with van der Waals surface area (Å²) in [6, 6.07) is 21.2. The highest BCUT2D eigenvalue weighted by Gasteiger charge is 2.23. The fraction of sp³-hybridized carbons (Fsp3) is 0.130. The van der Waals surface area contributed by atoms with Gasteiger partial charge in [-0.3, -0.25) is 9.69 Å². The number of hydrogen-bond donors (Lipinski definition) is 0. The summed E-state index contributed by atoms with van der Waals surface area (Å²) >= 11 is 1.38. The van der Waals surface area contributed by atoms with Gasteiger partial charge in [0.1, 0.15) is 5.75 Å². The molecule has 0 saturated heterocycles. The molecule has 0 N–H and O–H groups in total. The van der Waals surface area contributed by atoms with Gasteiger partial charge in [0.05, 0.1) is 28.8 Å². The number of fused-ring (bicyclic) bond motifs is 1. The Morgan fingerprint density at radius 1 is 1.03 bits per heavy atom. The molecular weight excluding hydrogens is 432 g/mol. The summed E-state index contributed by atoms with van der Waals surface area (Å²) in [5.74, 6) is 0.393. The van der Waals surface area contributed by atoms with E-state index < -0.39 is 9.84 Å². The van der Waals surface area contributed by atoms with Crippen molar-refractivity contribution in [2.45, 2.75) is 11.4 Å². The number of nitrogens with zero attached hydrogens (tertiary/aromatic N) is 2. The van der Waals surface area contributed by atoms with Gasteiger partial charge in [-0.1, -0.05) is 47.7 Å². The van der Waals surface area contributed by atoms with E-state index in [1.54, 1.807) is 24.1 Å². The zero-order valence-corrected chi connectivity index (χ0v) is 18.6. The van der Waals surface area contributed by atoms with Crippen molar-refractivity contribution >= 4 is 42.4 Å². The summed E-state index contributed by atoms with van der Waals surface area (Å²) in [6.45, 7) is 0.305. The lowest BCUT2D eigenvalue weighted by atomic mass is 10.1. The summed E-state index contributed by atoms with van der Waals surface area (Å²) in [7, 11) is -1.83. The Labute approximate surface area is 184 Å². The smallest absolute Gasteiger partial charge is 0.260 e. The molecule has 158 valence electrons. The maximum absolute atomic E-state index is 13.5. The third kappa shape index (κ3) is 4.60. The van der Waals surface area contributed by atoms with Gasteiger partial charge in [0.2, 0.25) is 0 Å². The molecule has 4 rings (SSSR count). The first-order valence-electron chi connectivity index (χ1n) is 9.45. The number of benzene rings is 3. The van der Waals surface area contributed by atoms with Crippen LogP contribution in [-0.2, 0) is 16.4 Å². The number of ether oxygens (including phenoxy) is 1. The van der Waals surface area contributed by atoms with Crippen LogP contribution in [0.25, 0.3) is 10.2 Å². The standard InChI is InChI=1S/C23H20N2O4S2/c1-29-18-11-12-20-21(14-18)30-23(24-20)25(15-16-7-4-3-5-8-16)22(26)17-9-6-10-19(13-17)31(2,27)28/h3-14H,15H2,1-2H3. The van der Waals surface area contributed by atoms with Crippen molar-refractivity contribution in [3.63, 3.8) is 0 Å². The van der Waals surface area contributed by atoms with Crippen LogP contribution in [0.4, 0.5) is 5.13 Å². The molecule has 1 heterocycles. The molecule has 0 aliphatic heterocycles. The van der Waals surface area contributed by atoms with E-state index in [9.17, 15) is 13.2 Å². The molecule has 0 bridgehead atoms. The molecule has 6 nitrogen and oxygen atoms in total. The summed E-state index contributed by atoms with van der Waals surface area (Å²) in [5, 5.41) is 0.530. The van der Waals surface area contributed by atoms with E-state index in [4.69, 9.17) is 4.74 Å². The number of hydrogen-bond acceptors (Lipinski definition) is 6.